The van der Waals surface area contributed by atoms with E-state index in [4.69, 9.17) is 0 Å². The molecule has 1 aliphatic heterocycles. The first kappa shape index (κ1) is 21.1. The van der Waals surface area contributed by atoms with Gasteiger partial charge in [0.25, 0.3) is 0 Å². The van der Waals surface area contributed by atoms with E-state index in [1.807, 2.05) is 45.0 Å². The minimum absolute atomic E-state index is 0.143. The number of benzene rings is 2. The number of phenols is 1. The molecule has 0 radical (unpaired) electrons. The lowest BCUT2D eigenvalue weighted by molar-refractivity contribution is -0.120. The number of anilines is 1. The van der Waals surface area contributed by atoms with E-state index in [0.29, 0.717) is 16.9 Å². The maximum Gasteiger partial charge on any atom is 0.235 e. The van der Waals surface area contributed by atoms with Crippen molar-refractivity contribution >= 4 is 23.5 Å². The summed E-state index contributed by atoms with van der Waals surface area (Å²) in [5.41, 5.74) is 3.13. The Kier molecular flexibility index (Phi) is 5.30. The molecule has 0 aromatic heterocycles. The van der Waals surface area contributed by atoms with Gasteiger partial charge in [-0.05, 0) is 34.1 Å². The average Bonchev–Trinajstić information content (AvgIpc) is 2.60. The number of aromatic hydroxyl groups is 1. The number of fused-ring (bicyclic) bond motifs is 1. The number of rotatable bonds is 2. The molecule has 5 heteroatoms. The fourth-order valence-corrected chi connectivity index (χ4v) is 3.63. The van der Waals surface area contributed by atoms with Gasteiger partial charge < -0.3 is 15.5 Å². The molecule has 5 nitrogen and oxygen atoms in total. The number of nitrogens with one attached hydrogen (secondary N) is 1. The van der Waals surface area contributed by atoms with E-state index < -0.39 is 12.0 Å². The second-order valence-corrected chi connectivity index (χ2v) is 9.71. The zero-order valence-corrected chi connectivity index (χ0v) is 17.9. The number of phenolic OH excluding ortho intramolecular Hbond substituents is 1. The number of hydrogen-bond donors (Lipinski definition) is 3. The number of carbonyl (C=O) groups excluding carboxylic acids is 1. The molecule has 154 valence electrons. The van der Waals surface area contributed by atoms with Gasteiger partial charge >= 0.3 is 0 Å². The van der Waals surface area contributed by atoms with Gasteiger partial charge in [0.1, 0.15) is 11.7 Å². The topological polar surface area (TPSA) is 81.9 Å². The molecule has 2 aromatic rings. The summed E-state index contributed by atoms with van der Waals surface area (Å²) in [5, 5.41) is 24.2. The molecule has 0 saturated heterocycles. The lowest BCUT2D eigenvalue weighted by atomic mass is 9.79. The predicted molar refractivity (Wildman–Crippen MR) is 117 cm³/mol. The van der Waals surface area contributed by atoms with Crippen LogP contribution in [0.1, 0.15) is 64.3 Å². The number of carbonyl (C=O) groups is 1. The maximum atomic E-state index is 13.0. The highest BCUT2D eigenvalue weighted by atomic mass is 16.3. The molecule has 0 bridgehead atoms. The lowest BCUT2D eigenvalue weighted by Gasteiger charge is -2.29. The third-order valence-corrected chi connectivity index (χ3v) is 5.28. The standard InChI is InChI=1S/C24H30N2O3/c1-23(2,3)16-11-17(24(4,5)6)20(27)12-19(16)26-22(29)15-13-25-18-10-8-7-9-14(18)21(15)28/h7-13,15,21,27-28H,1-6H3,(H,26,29). The van der Waals surface area contributed by atoms with E-state index in [-0.39, 0.29) is 22.5 Å². The summed E-state index contributed by atoms with van der Waals surface area (Å²) in [7, 11) is 0. The van der Waals surface area contributed by atoms with Gasteiger partial charge in [-0.1, -0.05) is 59.7 Å². The second-order valence-electron chi connectivity index (χ2n) is 9.71. The summed E-state index contributed by atoms with van der Waals surface area (Å²) < 4.78 is 0. The summed E-state index contributed by atoms with van der Waals surface area (Å²) in [6.07, 6.45) is 0.520. The number of amides is 1. The van der Waals surface area contributed by atoms with E-state index >= 15 is 0 Å². The summed E-state index contributed by atoms with van der Waals surface area (Å²) in [6, 6.07) is 10.8. The Hall–Kier alpha value is -2.66. The molecule has 2 unspecified atom stereocenters. The largest absolute Gasteiger partial charge is 0.508 e. The van der Waals surface area contributed by atoms with E-state index in [0.717, 1.165) is 11.1 Å². The SMILES string of the molecule is CC(C)(C)c1cc(C(C)(C)C)c(NC(=O)C2C=Nc3ccccc3C2O)cc1O. The van der Waals surface area contributed by atoms with Crippen molar-refractivity contribution < 1.29 is 15.0 Å². The molecule has 1 aliphatic rings. The molecule has 29 heavy (non-hydrogen) atoms. The van der Waals surface area contributed by atoms with Crippen molar-refractivity contribution in [3.63, 3.8) is 0 Å². The van der Waals surface area contributed by atoms with Crippen molar-refractivity contribution in [2.45, 2.75) is 58.5 Å². The Balaban J connectivity index is 1.96. The monoisotopic (exact) mass is 394 g/mol. The molecular formula is C24H30N2O3. The summed E-state index contributed by atoms with van der Waals surface area (Å²) in [6.45, 7) is 12.3. The van der Waals surface area contributed by atoms with Gasteiger partial charge in [0.05, 0.1) is 11.8 Å². The Bertz CT molecular complexity index is 965. The van der Waals surface area contributed by atoms with E-state index in [9.17, 15) is 15.0 Å². The van der Waals surface area contributed by atoms with Crippen LogP contribution in [0.25, 0.3) is 0 Å². The van der Waals surface area contributed by atoms with Crippen LogP contribution in [0.3, 0.4) is 0 Å². The van der Waals surface area contributed by atoms with Gasteiger partial charge in [-0.15, -0.1) is 0 Å². The summed E-state index contributed by atoms with van der Waals surface area (Å²) >= 11 is 0. The van der Waals surface area contributed by atoms with E-state index in [2.05, 4.69) is 31.1 Å². The molecular weight excluding hydrogens is 364 g/mol. The van der Waals surface area contributed by atoms with Crippen LogP contribution in [0, 0.1) is 5.92 Å². The highest BCUT2D eigenvalue weighted by molar-refractivity contribution is 6.04. The molecule has 0 saturated carbocycles. The second kappa shape index (κ2) is 7.30. The molecule has 0 aliphatic carbocycles. The normalized spacial score (nSPS) is 19.0. The minimum Gasteiger partial charge on any atom is -0.508 e. The van der Waals surface area contributed by atoms with Crippen LogP contribution in [-0.4, -0.2) is 22.3 Å². The van der Waals surface area contributed by atoms with Crippen LogP contribution in [-0.2, 0) is 15.6 Å². The first-order chi connectivity index (χ1) is 13.4. The Morgan fingerprint density at radius 2 is 1.62 bits per heavy atom. The Labute approximate surface area is 172 Å². The number of hydrogen-bond acceptors (Lipinski definition) is 4. The summed E-state index contributed by atoms with van der Waals surface area (Å²) in [4.78, 5) is 17.3. The first-order valence-corrected chi connectivity index (χ1v) is 9.89. The summed E-state index contributed by atoms with van der Waals surface area (Å²) in [5.74, 6) is -1.02. The van der Waals surface area contributed by atoms with Crippen molar-refractivity contribution in [2.24, 2.45) is 10.9 Å². The zero-order chi connectivity index (χ0) is 21.6. The van der Waals surface area contributed by atoms with Gasteiger partial charge in [-0.2, -0.15) is 0 Å². The van der Waals surface area contributed by atoms with Gasteiger partial charge in [-0.25, -0.2) is 0 Å². The van der Waals surface area contributed by atoms with Crippen molar-refractivity contribution in [1.82, 2.24) is 0 Å². The zero-order valence-electron chi connectivity index (χ0n) is 17.9. The molecule has 3 N–H and O–H groups in total. The number of nitrogens with zero attached hydrogens (tertiary/aromatic N) is 1. The van der Waals surface area contributed by atoms with Gasteiger partial charge in [0.15, 0.2) is 0 Å². The third kappa shape index (κ3) is 4.20. The van der Waals surface area contributed by atoms with Crippen LogP contribution >= 0.6 is 0 Å². The fraction of sp³-hybridized carbons (Fsp3) is 0.417. The first-order valence-electron chi connectivity index (χ1n) is 9.89. The Morgan fingerprint density at radius 1 is 1.00 bits per heavy atom. The van der Waals surface area contributed by atoms with Crippen LogP contribution in [0.5, 0.6) is 5.75 Å². The smallest absolute Gasteiger partial charge is 0.235 e. The molecule has 0 fully saturated rings. The molecule has 3 rings (SSSR count). The lowest BCUT2D eigenvalue weighted by Crippen LogP contribution is -2.32. The molecule has 1 heterocycles. The Morgan fingerprint density at radius 3 is 2.24 bits per heavy atom. The van der Waals surface area contributed by atoms with Crippen LogP contribution in [0.4, 0.5) is 11.4 Å². The van der Waals surface area contributed by atoms with Crippen molar-refractivity contribution in [2.75, 3.05) is 5.32 Å². The van der Waals surface area contributed by atoms with Gasteiger partial charge in [-0.3, -0.25) is 9.79 Å². The highest BCUT2D eigenvalue weighted by Gasteiger charge is 2.32. The van der Waals surface area contributed by atoms with Crippen LogP contribution in [0.2, 0.25) is 0 Å². The van der Waals surface area contributed by atoms with E-state index in [1.165, 1.54) is 6.21 Å². The van der Waals surface area contributed by atoms with Crippen molar-refractivity contribution in [1.29, 1.82) is 0 Å². The van der Waals surface area contributed by atoms with Crippen molar-refractivity contribution in [3.8, 4) is 5.75 Å². The van der Waals surface area contributed by atoms with Crippen LogP contribution < -0.4 is 5.32 Å². The number of aliphatic hydroxyl groups is 1. The number of aliphatic hydroxyl groups excluding tert-OH is 1. The van der Waals surface area contributed by atoms with Crippen LogP contribution in [0.15, 0.2) is 41.4 Å². The van der Waals surface area contributed by atoms with Crippen molar-refractivity contribution in [3.05, 3.63) is 53.1 Å². The number of para-hydroxylation sites is 1. The third-order valence-electron chi connectivity index (χ3n) is 5.28. The molecule has 0 spiro atoms. The highest BCUT2D eigenvalue weighted by Crippen LogP contribution is 2.40. The maximum absolute atomic E-state index is 13.0. The average molecular weight is 395 g/mol. The minimum atomic E-state index is -0.968. The molecule has 2 aromatic carbocycles. The molecule has 2 atom stereocenters. The fourth-order valence-electron chi connectivity index (χ4n) is 3.63. The van der Waals surface area contributed by atoms with E-state index in [1.54, 1.807) is 12.1 Å². The quantitative estimate of drug-likeness (QED) is 0.671. The molecule has 1 amide bonds. The van der Waals surface area contributed by atoms with Gasteiger partial charge in [0.2, 0.25) is 5.91 Å². The predicted octanol–water partition coefficient (Wildman–Crippen LogP) is 4.99. The van der Waals surface area contributed by atoms with Gasteiger partial charge in [0, 0.05) is 23.5 Å². The number of aliphatic imine (C=N–C) groups is 1.